The van der Waals surface area contributed by atoms with Gasteiger partial charge in [-0.25, -0.2) is 9.13 Å². The minimum atomic E-state index is 0. The first-order valence-corrected chi connectivity index (χ1v) is 7.83. The van der Waals surface area contributed by atoms with Crippen LogP contribution < -0.4 is 21.7 Å². The van der Waals surface area contributed by atoms with Crippen molar-refractivity contribution in [3.8, 4) is 5.75 Å². The van der Waals surface area contributed by atoms with E-state index in [1.54, 1.807) is 11.8 Å². The standard InChI is InChI=1S/C16H21N2O2S.ClH/c1-12-13(2)18(4)16(17(12)3)21-11-14(19)10-20-15-8-6-5-7-9-15;/h5-9H,10-11H2,1-4H3;1H/q+1;/p-1. The molecule has 2 rings (SSSR count). The van der Waals surface area contributed by atoms with Gasteiger partial charge in [0.05, 0.1) is 19.8 Å². The summed E-state index contributed by atoms with van der Waals surface area (Å²) in [5.41, 5.74) is 2.43. The van der Waals surface area contributed by atoms with Crippen LogP contribution in [-0.2, 0) is 18.9 Å². The van der Waals surface area contributed by atoms with Gasteiger partial charge in [0, 0.05) is 13.8 Å². The molecule has 0 atom stereocenters. The summed E-state index contributed by atoms with van der Waals surface area (Å²) in [6.07, 6.45) is 0. The Balaban J connectivity index is 0.00000242. The third kappa shape index (κ3) is 4.27. The lowest BCUT2D eigenvalue weighted by molar-refractivity contribution is -0.715. The molecule has 0 fully saturated rings. The van der Waals surface area contributed by atoms with Gasteiger partial charge in [0.1, 0.15) is 23.7 Å². The highest BCUT2D eigenvalue weighted by atomic mass is 35.5. The lowest BCUT2D eigenvalue weighted by Gasteiger charge is -2.04. The number of hydrogen-bond donors (Lipinski definition) is 0. The summed E-state index contributed by atoms with van der Waals surface area (Å²) in [6, 6.07) is 9.41. The molecule has 4 nitrogen and oxygen atoms in total. The van der Waals surface area contributed by atoms with Crippen LogP contribution in [-0.4, -0.2) is 22.7 Å². The molecule has 0 bridgehead atoms. The number of ketones is 1. The fraction of sp³-hybridized carbons (Fsp3) is 0.375. The number of nitrogens with zero attached hydrogens (tertiary/aromatic N) is 2. The Bertz CT molecular complexity index is 616. The number of rotatable bonds is 6. The van der Waals surface area contributed by atoms with Gasteiger partial charge in [0.15, 0.2) is 5.78 Å². The van der Waals surface area contributed by atoms with Crippen LogP contribution in [0.2, 0.25) is 0 Å². The first kappa shape index (κ1) is 18.6. The number of thioether (sulfide) groups is 1. The van der Waals surface area contributed by atoms with E-state index in [2.05, 4.69) is 23.0 Å². The Morgan fingerprint density at radius 3 is 2.45 bits per heavy atom. The van der Waals surface area contributed by atoms with E-state index in [0.717, 1.165) is 10.9 Å². The maximum atomic E-state index is 11.9. The largest absolute Gasteiger partial charge is 1.00 e. The van der Waals surface area contributed by atoms with Crippen LogP contribution in [0.4, 0.5) is 0 Å². The quantitative estimate of drug-likeness (QED) is 0.511. The second-order valence-electron chi connectivity index (χ2n) is 5.00. The van der Waals surface area contributed by atoms with Crippen LogP contribution in [0.25, 0.3) is 0 Å². The molecule has 0 aliphatic heterocycles. The smallest absolute Gasteiger partial charge is 0.318 e. The number of halogens is 1. The van der Waals surface area contributed by atoms with Crippen LogP contribution in [0, 0.1) is 13.8 Å². The highest BCUT2D eigenvalue weighted by Gasteiger charge is 2.21. The van der Waals surface area contributed by atoms with Crippen LogP contribution in [0.15, 0.2) is 35.5 Å². The zero-order valence-corrected chi connectivity index (χ0v) is 14.9. The number of Topliss-reactive ketones (excluding diaryl/α,β-unsaturated/α-hetero) is 1. The van der Waals surface area contributed by atoms with Gasteiger partial charge in [-0.2, -0.15) is 0 Å². The van der Waals surface area contributed by atoms with Crippen LogP contribution in [0.5, 0.6) is 5.75 Å². The summed E-state index contributed by atoms with van der Waals surface area (Å²) >= 11 is 1.55. The van der Waals surface area contributed by atoms with E-state index in [1.165, 1.54) is 11.4 Å². The molecule has 0 amide bonds. The zero-order valence-electron chi connectivity index (χ0n) is 13.3. The molecule has 6 heteroatoms. The van der Waals surface area contributed by atoms with Crippen molar-refractivity contribution in [1.82, 2.24) is 4.57 Å². The van der Waals surface area contributed by atoms with E-state index in [4.69, 9.17) is 4.74 Å². The topological polar surface area (TPSA) is 35.1 Å². The van der Waals surface area contributed by atoms with E-state index in [1.807, 2.05) is 44.4 Å². The molecule has 0 N–H and O–H groups in total. The van der Waals surface area contributed by atoms with E-state index >= 15 is 0 Å². The minimum Gasteiger partial charge on any atom is -1.00 e. The Labute approximate surface area is 141 Å². The molecule has 1 heterocycles. The van der Waals surface area contributed by atoms with Gasteiger partial charge in [0.2, 0.25) is 0 Å². The average molecular weight is 341 g/mol. The number of carbonyl (C=O) groups excluding carboxylic acids is 1. The summed E-state index contributed by atoms with van der Waals surface area (Å²) in [6.45, 7) is 4.28. The van der Waals surface area contributed by atoms with Gasteiger partial charge in [-0.3, -0.25) is 4.79 Å². The van der Waals surface area contributed by atoms with E-state index in [-0.39, 0.29) is 24.8 Å². The summed E-state index contributed by atoms with van der Waals surface area (Å²) in [5.74, 6) is 1.23. The molecule has 2 aromatic rings. The van der Waals surface area contributed by atoms with E-state index < -0.39 is 0 Å². The Morgan fingerprint density at radius 2 is 1.91 bits per heavy atom. The first-order chi connectivity index (χ1) is 10.0. The molecule has 22 heavy (non-hydrogen) atoms. The van der Waals surface area contributed by atoms with Crippen molar-refractivity contribution >= 4 is 17.5 Å². The minimum absolute atomic E-state index is 0. The maximum absolute atomic E-state index is 11.9. The summed E-state index contributed by atoms with van der Waals surface area (Å²) in [4.78, 5) is 11.9. The maximum Gasteiger partial charge on any atom is 0.318 e. The second-order valence-corrected chi connectivity index (χ2v) is 5.94. The normalized spacial score (nSPS) is 10.2. The lowest BCUT2D eigenvalue weighted by atomic mass is 10.3. The van der Waals surface area contributed by atoms with Crippen molar-refractivity contribution in [2.24, 2.45) is 14.1 Å². The predicted molar refractivity (Wildman–Crippen MR) is 83.7 cm³/mol. The van der Waals surface area contributed by atoms with Gasteiger partial charge in [-0.15, -0.1) is 0 Å². The van der Waals surface area contributed by atoms with Gasteiger partial charge in [0.25, 0.3) is 0 Å². The summed E-state index contributed by atoms with van der Waals surface area (Å²) < 4.78 is 9.70. The number of ether oxygens (including phenoxy) is 1. The molecule has 1 aromatic heterocycles. The number of carbonyl (C=O) groups is 1. The molecule has 0 radical (unpaired) electrons. The third-order valence-electron chi connectivity index (χ3n) is 3.61. The lowest BCUT2D eigenvalue weighted by Crippen LogP contribution is -3.00. The number of hydrogen-bond acceptors (Lipinski definition) is 3. The van der Waals surface area contributed by atoms with Gasteiger partial charge in [-0.1, -0.05) is 18.2 Å². The van der Waals surface area contributed by atoms with E-state index in [0.29, 0.717) is 5.75 Å². The molecule has 0 spiro atoms. The van der Waals surface area contributed by atoms with Crippen LogP contribution in [0.1, 0.15) is 11.4 Å². The van der Waals surface area contributed by atoms with Crippen molar-refractivity contribution in [2.45, 2.75) is 19.0 Å². The first-order valence-electron chi connectivity index (χ1n) is 6.85. The average Bonchev–Trinajstić information content (AvgIpc) is 2.68. The van der Waals surface area contributed by atoms with Gasteiger partial charge >= 0.3 is 5.16 Å². The van der Waals surface area contributed by atoms with Crippen molar-refractivity contribution in [2.75, 3.05) is 12.4 Å². The van der Waals surface area contributed by atoms with Crippen molar-refractivity contribution in [3.63, 3.8) is 0 Å². The Morgan fingerprint density at radius 1 is 1.27 bits per heavy atom. The molecule has 0 saturated carbocycles. The fourth-order valence-electron chi connectivity index (χ4n) is 2.06. The van der Waals surface area contributed by atoms with E-state index in [9.17, 15) is 4.79 Å². The Hall–Kier alpha value is -1.46. The summed E-state index contributed by atoms with van der Waals surface area (Å²) in [7, 11) is 4.05. The predicted octanol–water partition coefficient (Wildman–Crippen LogP) is -0.789. The highest BCUT2D eigenvalue weighted by Crippen LogP contribution is 2.17. The molecule has 0 saturated heterocycles. The fourth-order valence-corrected chi connectivity index (χ4v) is 3.09. The number of aromatic nitrogens is 2. The van der Waals surface area contributed by atoms with Crippen molar-refractivity contribution in [1.29, 1.82) is 0 Å². The van der Waals surface area contributed by atoms with Crippen LogP contribution in [0.3, 0.4) is 0 Å². The molecular formula is C16H21ClN2O2S. The summed E-state index contributed by atoms with van der Waals surface area (Å²) in [5, 5.41) is 1.08. The van der Waals surface area contributed by atoms with Gasteiger partial charge in [-0.05, 0) is 23.9 Å². The molecule has 0 aliphatic rings. The highest BCUT2D eigenvalue weighted by molar-refractivity contribution is 7.99. The monoisotopic (exact) mass is 340 g/mol. The van der Waals surface area contributed by atoms with Crippen molar-refractivity contribution in [3.05, 3.63) is 41.7 Å². The number of benzene rings is 1. The number of para-hydroxylation sites is 1. The third-order valence-corrected chi connectivity index (χ3v) is 4.88. The second kappa shape index (κ2) is 8.25. The molecule has 0 unspecified atom stereocenters. The van der Waals surface area contributed by atoms with Crippen LogP contribution >= 0.6 is 11.8 Å². The van der Waals surface area contributed by atoms with Crippen molar-refractivity contribution < 1.29 is 26.5 Å². The SMILES string of the molecule is Cc1c(C)[n+](C)c(SCC(=O)COc2ccccc2)n1C.[Cl-]. The molecule has 120 valence electrons. The Kier molecular flexibility index (Phi) is 6.97. The molecule has 0 aliphatic carbocycles. The zero-order chi connectivity index (χ0) is 15.4. The molecule has 1 aromatic carbocycles. The van der Waals surface area contributed by atoms with Gasteiger partial charge < -0.3 is 17.1 Å². The molecular weight excluding hydrogens is 320 g/mol. The number of imidazole rings is 1.